The summed E-state index contributed by atoms with van der Waals surface area (Å²) in [6.45, 7) is 4.71. The van der Waals surface area contributed by atoms with Crippen molar-refractivity contribution in [3.8, 4) is 11.5 Å². The highest BCUT2D eigenvalue weighted by Crippen LogP contribution is 2.20. The van der Waals surface area contributed by atoms with E-state index in [0.717, 1.165) is 49.6 Å². The number of anilines is 2. The molecule has 3 aromatic heterocycles. The lowest BCUT2D eigenvalue weighted by Gasteiger charge is -2.36. The second-order valence-corrected chi connectivity index (χ2v) is 7.13. The lowest BCUT2D eigenvalue weighted by molar-refractivity contribution is 0.250. The van der Waals surface area contributed by atoms with E-state index in [9.17, 15) is 0 Å². The largest absolute Gasteiger partial charge is 0.369 e. The molecule has 0 amide bonds. The van der Waals surface area contributed by atoms with Gasteiger partial charge in [0.25, 0.3) is 0 Å². The minimum absolute atomic E-state index is 0.326. The van der Waals surface area contributed by atoms with Gasteiger partial charge >= 0.3 is 0 Å². The maximum absolute atomic E-state index is 6.04. The average Bonchev–Trinajstić information content (AvgIpc) is 3.24. The summed E-state index contributed by atoms with van der Waals surface area (Å²) in [6.07, 6.45) is 3.54. The van der Waals surface area contributed by atoms with Crippen molar-refractivity contribution < 1.29 is 0 Å². The summed E-state index contributed by atoms with van der Waals surface area (Å²) >= 11 is 0. The molecular formula is C21H22N8. The van der Waals surface area contributed by atoms with Gasteiger partial charge in [-0.05, 0) is 24.3 Å². The van der Waals surface area contributed by atoms with Crippen molar-refractivity contribution >= 4 is 17.3 Å². The number of rotatable bonds is 4. The van der Waals surface area contributed by atoms with Gasteiger partial charge in [-0.3, -0.25) is 9.88 Å². The van der Waals surface area contributed by atoms with Crippen LogP contribution < -0.4 is 10.6 Å². The van der Waals surface area contributed by atoms with E-state index in [1.807, 2.05) is 24.4 Å². The van der Waals surface area contributed by atoms with Gasteiger partial charge in [-0.15, -0.1) is 5.10 Å². The number of hydrogen-bond acceptors (Lipinski definition) is 7. The monoisotopic (exact) mass is 386 g/mol. The number of benzene rings is 1. The quantitative estimate of drug-likeness (QED) is 0.574. The Bertz CT molecular complexity index is 1100. The number of piperazine rings is 1. The van der Waals surface area contributed by atoms with Crippen LogP contribution in [0, 0.1) is 0 Å². The highest BCUT2D eigenvalue weighted by molar-refractivity contribution is 5.58. The molecule has 1 saturated heterocycles. The number of nitrogens with two attached hydrogens (primary N) is 1. The zero-order valence-corrected chi connectivity index (χ0v) is 16.0. The van der Waals surface area contributed by atoms with Crippen LogP contribution >= 0.6 is 0 Å². The van der Waals surface area contributed by atoms with E-state index >= 15 is 0 Å². The van der Waals surface area contributed by atoms with Crippen molar-refractivity contribution in [2.24, 2.45) is 0 Å². The molecule has 0 unspecified atom stereocenters. The normalized spacial score (nSPS) is 15.1. The van der Waals surface area contributed by atoms with Crippen LogP contribution in [-0.2, 0) is 6.54 Å². The Morgan fingerprint density at radius 3 is 2.45 bits per heavy atom. The molecule has 1 aromatic carbocycles. The zero-order chi connectivity index (χ0) is 19.6. The zero-order valence-electron chi connectivity index (χ0n) is 16.0. The molecule has 8 nitrogen and oxygen atoms in total. The molecule has 29 heavy (non-hydrogen) atoms. The van der Waals surface area contributed by atoms with Crippen molar-refractivity contribution in [1.82, 2.24) is 29.5 Å². The third kappa shape index (κ3) is 3.50. The van der Waals surface area contributed by atoms with E-state index in [4.69, 9.17) is 10.7 Å². The maximum atomic E-state index is 6.04. The molecule has 146 valence electrons. The van der Waals surface area contributed by atoms with E-state index in [-0.39, 0.29) is 0 Å². The number of nitrogens with zero attached hydrogens (tertiary/aromatic N) is 7. The highest BCUT2D eigenvalue weighted by Gasteiger charge is 2.20. The van der Waals surface area contributed by atoms with E-state index in [0.29, 0.717) is 11.8 Å². The van der Waals surface area contributed by atoms with Crippen LogP contribution in [0.5, 0.6) is 0 Å². The fraction of sp³-hybridized carbons (Fsp3) is 0.238. The van der Waals surface area contributed by atoms with E-state index < -0.39 is 0 Å². The molecule has 1 aliphatic heterocycles. The molecule has 0 atom stereocenters. The third-order valence-electron chi connectivity index (χ3n) is 5.25. The molecule has 4 aromatic rings. The molecule has 0 bridgehead atoms. The standard InChI is InChI=1S/C21H22N8/c22-21-24-14-16(20-25-19(26-29(20)21)18-8-4-5-9-23-18)15-27-10-12-28(13-11-27)17-6-2-1-3-7-17/h1-9,14H,10-13,15H2,(H2,22,24). The van der Waals surface area contributed by atoms with Crippen molar-refractivity contribution in [3.05, 3.63) is 66.5 Å². The summed E-state index contributed by atoms with van der Waals surface area (Å²) in [5, 5.41) is 4.52. The number of nitrogen functional groups attached to an aromatic ring is 1. The summed E-state index contributed by atoms with van der Waals surface area (Å²) < 4.78 is 1.61. The molecule has 1 fully saturated rings. The van der Waals surface area contributed by atoms with Crippen LogP contribution in [-0.4, -0.2) is 55.6 Å². The number of aromatic nitrogens is 5. The van der Waals surface area contributed by atoms with Crippen molar-refractivity contribution in [2.75, 3.05) is 36.8 Å². The van der Waals surface area contributed by atoms with Gasteiger partial charge < -0.3 is 10.6 Å². The van der Waals surface area contributed by atoms with Crippen LogP contribution in [0.1, 0.15) is 5.56 Å². The minimum atomic E-state index is 0.326. The lowest BCUT2D eigenvalue weighted by atomic mass is 10.2. The van der Waals surface area contributed by atoms with Crippen LogP contribution in [0.4, 0.5) is 11.6 Å². The second-order valence-electron chi connectivity index (χ2n) is 7.13. The SMILES string of the molecule is Nc1ncc(CN2CCN(c3ccccc3)CC2)c2nc(-c3ccccn3)nn12. The molecule has 1 aliphatic rings. The van der Waals surface area contributed by atoms with Gasteiger partial charge in [-0.25, -0.2) is 9.97 Å². The van der Waals surface area contributed by atoms with Crippen molar-refractivity contribution in [2.45, 2.75) is 6.54 Å². The first-order valence-corrected chi connectivity index (χ1v) is 9.72. The smallest absolute Gasteiger partial charge is 0.223 e. The van der Waals surface area contributed by atoms with E-state index in [2.05, 4.69) is 55.2 Å². The van der Waals surface area contributed by atoms with Crippen LogP contribution in [0.2, 0.25) is 0 Å². The summed E-state index contributed by atoms with van der Waals surface area (Å²) in [7, 11) is 0. The Morgan fingerprint density at radius 2 is 1.69 bits per heavy atom. The minimum Gasteiger partial charge on any atom is -0.369 e. The summed E-state index contributed by atoms with van der Waals surface area (Å²) in [5.41, 5.74) is 9.80. The van der Waals surface area contributed by atoms with Gasteiger partial charge in [-0.1, -0.05) is 24.3 Å². The Labute approximate surface area is 168 Å². The molecule has 5 rings (SSSR count). The molecule has 0 radical (unpaired) electrons. The van der Waals surface area contributed by atoms with E-state index in [1.165, 1.54) is 5.69 Å². The van der Waals surface area contributed by atoms with Crippen molar-refractivity contribution in [3.63, 3.8) is 0 Å². The number of hydrogen-bond donors (Lipinski definition) is 1. The van der Waals surface area contributed by atoms with Gasteiger partial charge in [0.15, 0.2) is 5.65 Å². The lowest BCUT2D eigenvalue weighted by Crippen LogP contribution is -2.46. The van der Waals surface area contributed by atoms with Crippen molar-refractivity contribution in [1.29, 1.82) is 0 Å². The maximum Gasteiger partial charge on any atom is 0.223 e. The van der Waals surface area contributed by atoms with Gasteiger partial charge in [0.2, 0.25) is 11.8 Å². The molecule has 0 aliphatic carbocycles. The molecule has 0 saturated carbocycles. The Hall–Kier alpha value is -3.52. The van der Waals surface area contributed by atoms with Gasteiger partial charge in [0, 0.05) is 56.4 Å². The first kappa shape index (κ1) is 17.6. The van der Waals surface area contributed by atoms with Gasteiger partial charge in [0.1, 0.15) is 5.69 Å². The Morgan fingerprint density at radius 1 is 0.897 bits per heavy atom. The number of para-hydroxylation sites is 1. The average molecular weight is 386 g/mol. The topological polar surface area (TPSA) is 88.5 Å². The fourth-order valence-electron chi connectivity index (χ4n) is 3.70. The molecule has 0 spiro atoms. The first-order valence-electron chi connectivity index (χ1n) is 9.72. The van der Waals surface area contributed by atoms with E-state index in [1.54, 1.807) is 10.7 Å². The molecule has 8 heteroatoms. The predicted octanol–water partition coefficient (Wildman–Crippen LogP) is 2.09. The van der Waals surface area contributed by atoms with Crippen LogP contribution in [0.3, 0.4) is 0 Å². The van der Waals surface area contributed by atoms with Crippen LogP contribution in [0.15, 0.2) is 60.9 Å². The summed E-state index contributed by atoms with van der Waals surface area (Å²) in [4.78, 5) is 18.2. The van der Waals surface area contributed by atoms with Gasteiger partial charge in [-0.2, -0.15) is 4.52 Å². The second kappa shape index (κ2) is 7.48. The fourth-order valence-corrected chi connectivity index (χ4v) is 3.70. The Kier molecular flexibility index (Phi) is 4.53. The molecular weight excluding hydrogens is 364 g/mol. The first-order chi connectivity index (χ1) is 14.3. The predicted molar refractivity (Wildman–Crippen MR) is 112 cm³/mol. The molecule has 4 heterocycles. The number of fused-ring (bicyclic) bond motifs is 1. The number of pyridine rings is 1. The summed E-state index contributed by atoms with van der Waals surface area (Å²) in [6, 6.07) is 16.2. The highest BCUT2D eigenvalue weighted by atomic mass is 15.4. The third-order valence-corrected chi connectivity index (χ3v) is 5.25. The Balaban J connectivity index is 1.36. The summed E-state index contributed by atoms with van der Waals surface area (Å²) in [5.74, 6) is 0.882. The molecule has 2 N–H and O–H groups in total. The van der Waals surface area contributed by atoms with Crippen LogP contribution in [0.25, 0.3) is 17.2 Å². The van der Waals surface area contributed by atoms with Gasteiger partial charge in [0.05, 0.1) is 0 Å².